The summed E-state index contributed by atoms with van der Waals surface area (Å²) in [5, 5.41) is 6.76. The molecule has 6 heteroatoms. The number of benzene rings is 1. The summed E-state index contributed by atoms with van der Waals surface area (Å²) in [6.45, 7) is 0. The number of oxime groups is 1. The smallest absolute Gasteiger partial charge is 0.269 e. The van der Waals surface area contributed by atoms with Gasteiger partial charge in [-0.3, -0.25) is 4.79 Å². The Labute approximate surface area is 84.8 Å². The monoisotopic (exact) mass is 202 g/mol. The third-order valence-corrected chi connectivity index (χ3v) is 1.91. The number of ketones is 1. The average molecular weight is 202 g/mol. The first-order valence-electron chi connectivity index (χ1n) is 4.20. The van der Waals surface area contributed by atoms with Crippen molar-refractivity contribution in [3.05, 3.63) is 46.3 Å². The molecule has 0 aromatic heterocycles. The molecule has 0 bridgehead atoms. The van der Waals surface area contributed by atoms with Crippen LogP contribution in [0.5, 0.6) is 0 Å². The maximum Gasteiger partial charge on any atom is 0.269 e. The molecule has 0 spiro atoms. The molecule has 0 amide bonds. The van der Waals surface area contributed by atoms with E-state index in [1.165, 1.54) is 0 Å². The molecule has 74 valence electrons. The fourth-order valence-electron chi connectivity index (χ4n) is 1.22. The van der Waals surface area contributed by atoms with Gasteiger partial charge >= 0.3 is 0 Å². The molecule has 2 rings (SSSR count). The Balaban J connectivity index is 2.28. The summed E-state index contributed by atoms with van der Waals surface area (Å²) in [6, 6.07) is 8.87. The zero-order chi connectivity index (χ0) is 10.7. The average Bonchev–Trinajstić information content (AvgIpc) is 2.63. The lowest BCUT2D eigenvalue weighted by atomic mass is 10.1. The van der Waals surface area contributed by atoms with Crippen molar-refractivity contribution in [2.24, 2.45) is 10.3 Å². The minimum Gasteiger partial charge on any atom is -0.377 e. The van der Waals surface area contributed by atoms with Crippen LogP contribution in [0.1, 0.15) is 5.56 Å². The van der Waals surface area contributed by atoms with E-state index >= 15 is 0 Å². The van der Waals surface area contributed by atoms with Crippen molar-refractivity contribution in [3.8, 4) is 0 Å². The van der Waals surface area contributed by atoms with E-state index in [2.05, 4.69) is 15.2 Å². The number of rotatable bonds is 2. The molecular formula is C9H6N4O2. The quantitative estimate of drug-likeness (QED) is 0.414. The number of carbonyl (C=O) groups is 1. The first-order chi connectivity index (χ1) is 7.33. The Morgan fingerprint density at radius 3 is 2.80 bits per heavy atom. The molecule has 1 heterocycles. The van der Waals surface area contributed by atoms with Crippen molar-refractivity contribution < 1.29 is 9.63 Å². The van der Waals surface area contributed by atoms with Crippen LogP contribution in [-0.2, 0) is 9.63 Å². The maximum atomic E-state index is 11.6. The third kappa shape index (κ3) is 1.66. The minimum atomic E-state index is -1.16. The topological polar surface area (TPSA) is 87.4 Å². The molecule has 1 aromatic carbocycles. The van der Waals surface area contributed by atoms with E-state index in [0.717, 1.165) is 0 Å². The van der Waals surface area contributed by atoms with E-state index in [9.17, 15) is 4.79 Å². The second-order valence-corrected chi connectivity index (χ2v) is 2.83. The Morgan fingerprint density at radius 2 is 2.13 bits per heavy atom. The molecule has 0 N–H and O–H groups in total. The van der Waals surface area contributed by atoms with Gasteiger partial charge in [-0.1, -0.05) is 35.5 Å². The van der Waals surface area contributed by atoms with Crippen LogP contribution in [0.4, 0.5) is 0 Å². The molecule has 0 saturated heterocycles. The van der Waals surface area contributed by atoms with Crippen LogP contribution < -0.4 is 0 Å². The van der Waals surface area contributed by atoms with Crippen LogP contribution >= 0.6 is 0 Å². The summed E-state index contributed by atoms with van der Waals surface area (Å²) in [5.41, 5.74) is 9.02. The van der Waals surface area contributed by atoms with Gasteiger partial charge in [0, 0.05) is 10.5 Å². The fourth-order valence-corrected chi connectivity index (χ4v) is 1.22. The predicted molar refractivity (Wildman–Crippen MR) is 52.0 cm³/mol. The summed E-state index contributed by atoms with van der Waals surface area (Å²) in [6.07, 6.45) is -1.16. The first-order valence-corrected chi connectivity index (χ1v) is 4.20. The lowest BCUT2D eigenvalue weighted by Gasteiger charge is -1.96. The summed E-state index contributed by atoms with van der Waals surface area (Å²) < 4.78 is 0. The summed E-state index contributed by atoms with van der Waals surface area (Å²) in [5.74, 6) is -0.418. The number of hydrogen-bond acceptors (Lipinski definition) is 4. The van der Waals surface area contributed by atoms with Crippen molar-refractivity contribution in [1.82, 2.24) is 0 Å². The Hall–Kier alpha value is -2.33. The van der Waals surface area contributed by atoms with E-state index in [1.807, 2.05) is 6.07 Å². The van der Waals surface area contributed by atoms with Crippen molar-refractivity contribution in [2.45, 2.75) is 6.23 Å². The normalized spacial score (nSPS) is 19.1. The van der Waals surface area contributed by atoms with Gasteiger partial charge in [0.1, 0.15) is 0 Å². The zero-order valence-electron chi connectivity index (χ0n) is 7.57. The molecule has 1 aromatic rings. The maximum absolute atomic E-state index is 11.6. The number of Topliss-reactive ketones (excluding diaryl/α,β-unsaturated/α-hetero) is 1. The molecule has 1 aliphatic heterocycles. The number of nitrogens with zero attached hydrogens (tertiary/aromatic N) is 4. The number of carbonyl (C=O) groups excluding carboxylic acids is 1. The summed E-state index contributed by atoms with van der Waals surface area (Å²) >= 11 is 0. The van der Waals surface area contributed by atoms with E-state index in [-0.39, 0.29) is 5.71 Å². The SMILES string of the molecule is [N-]=[N+]=NC1ON=C(c2ccccc2)C1=O. The van der Waals surface area contributed by atoms with E-state index in [0.29, 0.717) is 5.56 Å². The van der Waals surface area contributed by atoms with Crippen molar-refractivity contribution in [3.63, 3.8) is 0 Å². The van der Waals surface area contributed by atoms with E-state index in [4.69, 9.17) is 10.4 Å². The third-order valence-electron chi connectivity index (χ3n) is 1.91. The Kier molecular flexibility index (Phi) is 2.35. The van der Waals surface area contributed by atoms with Gasteiger partial charge in [0.05, 0.1) is 0 Å². The lowest BCUT2D eigenvalue weighted by molar-refractivity contribution is -0.120. The van der Waals surface area contributed by atoms with Crippen LogP contribution in [-0.4, -0.2) is 17.7 Å². The Bertz CT molecular complexity index is 462. The van der Waals surface area contributed by atoms with Gasteiger partial charge < -0.3 is 4.84 Å². The molecule has 0 fully saturated rings. The molecule has 1 unspecified atom stereocenters. The highest BCUT2D eigenvalue weighted by molar-refractivity contribution is 6.48. The minimum absolute atomic E-state index is 0.188. The van der Waals surface area contributed by atoms with Crippen LogP contribution in [0, 0.1) is 0 Å². The molecule has 1 aliphatic rings. The van der Waals surface area contributed by atoms with Crippen LogP contribution in [0.3, 0.4) is 0 Å². The highest BCUT2D eigenvalue weighted by Gasteiger charge is 2.31. The number of azide groups is 1. The van der Waals surface area contributed by atoms with E-state index < -0.39 is 12.0 Å². The second-order valence-electron chi connectivity index (χ2n) is 2.83. The Morgan fingerprint density at radius 1 is 1.40 bits per heavy atom. The standard InChI is InChI=1S/C9H6N4O2/c10-13-11-9-8(14)7(12-15-9)6-4-2-1-3-5-6/h1-5,9H. The molecule has 0 saturated carbocycles. The molecule has 6 nitrogen and oxygen atoms in total. The molecule has 0 radical (unpaired) electrons. The highest BCUT2D eigenvalue weighted by atomic mass is 16.7. The number of hydrogen-bond donors (Lipinski definition) is 0. The largest absolute Gasteiger partial charge is 0.377 e. The summed E-state index contributed by atoms with van der Waals surface area (Å²) in [7, 11) is 0. The van der Waals surface area contributed by atoms with Crippen molar-refractivity contribution in [1.29, 1.82) is 0 Å². The molecular weight excluding hydrogens is 196 g/mol. The molecule has 15 heavy (non-hydrogen) atoms. The summed E-state index contributed by atoms with van der Waals surface area (Å²) in [4.78, 5) is 18.8. The molecule has 1 atom stereocenters. The lowest BCUT2D eigenvalue weighted by Crippen LogP contribution is -2.21. The van der Waals surface area contributed by atoms with E-state index in [1.54, 1.807) is 24.3 Å². The van der Waals surface area contributed by atoms with Gasteiger partial charge in [-0.15, -0.1) is 0 Å². The van der Waals surface area contributed by atoms with Gasteiger partial charge in [0.25, 0.3) is 6.23 Å². The first kappa shape index (κ1) is 9.23. The van der Waals surface area contributed by atoms with Gasteiger partial charge in [0.2, 0.25) is 5.78 Å². The van der Waals surface area contributed by atoms with Gasteiger partial charge in [-0.2, -0.15) is 0 Å². The molecule has 0 aliphatic carbocycles. The predicted octanol–water partition coefficient (Wildman–Crippen LogP) is 1.63. The highest BCUT2D eigenvalue weighted by Crippen LogP contribution is 2.14. The fraction of sp³-hybridized carbons (Fsp3) is 0.111. The van der Waals surface area contributed by atoms with Crippen molar-refractivity contribution in [2.75, 3.05) is 0 Å². The zero-order valence-corrected chi connectivity index (χ0v) is 7.57. The van der Waals surface area contributed by atoms with Crippen LogP contribution in [0.15, 0.2) is 40.6 Å². The van der Waals surface area contributed by atoms with Crippen LogP contribution in [0.2, 0.25) is 0 Å². The van der Waals surface area contributed by atoms with Crippen LogP contribution in [0.25, 0.3) is 10.4 Å². The van der Waals surface area contributed by atoms with Crippen molar-refractivity contribution >= 4 is 11.5 Å². The van der Waals surface area contributed by atoms with Gasteiger partial charge in [-0.25, -0.2) is 0 Å². The van der Waals surface area contributed by atoms with Gasteiger partial charge in [0.15, 0.2) is 5.71 Å². The van der Waals surface area contributed by atoms with Gasteiger partial charge in [-0.05, 0) is 10.6 Å². The second kappa shape index (κ2) is 3.81.